The van der Waals surface area contributed by atoms with Crippen molar-refractivity contribution < 1.29 is 13.5 Å². The van der Waals surface area contributed by atoms with Crippen LogP contribution < -0.4 is 0 Å². The molecule has 1 aromatic carbocycles. The van der Waals surface area contributed by atoms with Gasteiger partial charge in [0.05, 0.1) is 27.7 Å². The maximum atomic E-state index is 12.1. The number of nitriles is 1. The largest absolute Gasteiger partial charge is 0.385 e. The molecule has 1 aromatic rings. The number of hydrogen-bond donors (Lipinski definition) is 1. The van der Waals surface area contributed by atoms with Crippen LogP contribution in [0.3, 0.4) is 0 Å². The van der Waals surface area contributed by atoms with Crippen LogP contribution in [-0.2, 0) is 15.4 Å². The van der Waals surface area contributed by atoms with Crippen molar-refractivity contribution in [1.29, 1.82) is 5.26 Å². The Hall–Kier alpha value is -1.38. The molecule has 0 aliphatic carbocycles. The highest BCUT2D eigenvalue weighted by Crippen LogP contribution is 2.48. The van der Waals surface area contributed by atoms with Crippen molar-refractivity contribution in [3.8, 4) is 6.07 Å². The Kier molecular flexibility index (Phi) is 2.93. The summed E-state index contributed by atoms with van der Waals surface area (Å²) in [5.74, 6) is 0. The lowest BCUT2D eigenvalue weighted by Crippen LogP contribution is -2.43. The highest BCUT2D eigenvalue weighted by Gasteiger charge is 2.53. The predicted molar refractivity (Wildman–Crippen MR) is 74.8 cm³/mol. The van der Waals surface area contributed by atoms with E-state index in [1.807, 2.05) is 13.0 Å². The van der Waals surface area contributed by atoms with E-state index in [4.69, 9.17) is 5.26 Å². The van der Waals surface area contributed by atoms with Gasteiger partial charge in [0.25, 0.3) is 0 Å². The first kappa shape index (κ1) is 13.6. The monoisotopic (exact) mass is 291 g/mol. The Morgan fingerprint density at radius 1 is 1.30 bits per heavy atom. The summed E-state index contributed by atoms with van der Waals surface area (Å²) in [6.07, 6.45) is 1.79. The van der Waals surface area contributed by atoms with Crippen molar-refractivity contribution in [2.45, 2.75) is 48.7 Å². The maximum absolute atomic E-state index is 12.1. The second-order valence-electron chi connectivity index (χ2n) is 5.94. The average molecular weight is 291 g/mol. The normalized spacial score (nSPS) is 34.6. The van der Waals surface area contributed by atoms with Gasteiger partial charge in [0.1, 0.15) is 0 Å². The summed E-state index contributed by atoms with van der Waals surface area (Å²) in [6, 6.07) is 7.40. The lowest BCUT2D eigenvalue weighted by molar-refractivity contribution is 0.0167. The molecular formula is C15H17NO3S. The summed E-state index contributed by atoms with van der Waals surface area (Å²) < 4.78 is 24.3. The van der Waals surface area contributed by atoms with E-state index in [-0.39, 0.29) is 12.8 Å². The van der Waals surface area contributed by atoms with Crippen molar-refractivity contribution >= 4 is 9.84 Å². The molecule has 1 N–H and O–H groups in total. The highest BCUT2D eigenvalue weighted by atomic mass is 32.2. The third kappa shape index (κ3) is 1.79. The Bertz CT molecular complexity index is 682. The van der Waals surface area contributed by atoms with Crippen LogP contribution in [0, 0.1) is 18.3 Å². The Morgan fingerprint density at radius 2 is 1.90 bits per heavy atom. The van der Waals surface area contributed by atoms with Crippen LogP contribution >= 0.6 is 0 Å². The minimum Gasteiger partial charge on any atom is -0.385 e. The number of sulfone groups is 1. The molecule has 2 atom stereocenters. The van der Waals surface area contributed by atoms with Gasteiger partial charge < -0.3 is 5.11 Å². The molecule has 2 aliphatic rings. The van der Waals surface area contributed by atoms with Crippen LogP contribution in [0.25, 0.3) is 0 Å². The molecule has 2 saturated heterocycles. The van der Waals surface area contributed by atoms with Crippen LogP contribution in [0.4, 0.5) is 0 Å². The molecule has 2 unspecified atom stereocenters. The molecule has 20 heavy (non-hydrogen) atoms. The minimum atomic E-state index is -3.06. The fourth-order valence-corrected chi connectivity index (χ4v) is 6.22. The van der Waals surface area contributed by atoms with Gasteiger partial charge in [-0.2, -0.15) is 5.26 Å². The first-order valence-corrected chi connectivity index (χ1v) is 8.45. The maximum Gasteiger partial charge on any atom is 0.156 e. The number of hydrogen-bond acceptors (Lipinski definition) is 4. The molecular weight excluding hydrogens is 274 g/mol. The van der Waals surface area contributed by atoms with E-state index in [9.17, 15) is 13.5 Å². The van der Waals surface area contributed by atoms with E-state index >= 15 is 0 Å². The van der Waals surface area contributed by atoms with Crippen LogP contribution in [0.5, 0.6) is 0 Å². The van der Waals surface area contributed by atoms with Crippen molar-refractivity contribution in [3.63, 3.8) is 0 Å². The summed E-state index contributed by atoms with van der Waals surface area (Å²) >= 11 is 0. The molecule has 2 heterocycles. The lowest BCUT2D eigenvalue weighted by atomic mass is 9.82. The average Bonchev–Trinajstić information content (AvgIpc) is 2.59. The topological polar surface area (TPSA) is 78.2 Å². The van der Waals surface area contributed by atoms with Gasteiger partial charge in [0, 0.05) is 0 Å². The van der Waals surface area contributed by atoms with Crippen LogP contribution in [-0.4, -0.2) is 24.0 Å². The predicted octanol–water partition coefficient (Wildman–Crippen LogP) is 1.79. The van der Waals surface area contributed by atoms with Gasteiger partial charge in [0.2, 0.25) is 0 Å². The molecule has 5 heteroatoms. The molecule has 0 radical (unpaired) electrons. The van der Waals surface area contributed by atoms with Gasteiger partial charge in [-0.1, -0.05) is 12.1 Å². The van der Waals surface area contributed by atoms with E-state index in [0.29, 0.717) is 24.0 Å². The van der Waals surface area contributed by atoms with E-state index in [2.05, 4.69) is 6.07 Å². The van der Waals surface area contributed by atoms with Crippen molar-refractivity contribution in [3.05, 3.63) is 34.9 Å². The molecule has 2 aliphatic heterocycles. The molecule has 0 spiro atoms. The number of fused-ring (bicyclic) bond motifs is 2. The quantitative estimate of drug-likeness (QED) is 0.855. The van der Waals surface area contributed by atoms with E-state index in [1.165, 1.54) is 0 Å². The summed E-state index contributed by atoms with van der Waals surface area (Å²) in [6.45, 7) is 1.82. The summed E-state index contributed by atoms with van der Waals surface area (Å²) in [5, 5.41) is 19.2. The third-order valence-corrected chi connectivity index (χ3v) is 7.49. The zero-order valence-electron chi connectivity index (χ0n) is 11.3. The SMILES string of the molecule is Cc1c(C#N)cccc1C1(O)CC2CCC(C1)S2(=O)=O. The van der Waals surface area contributed by atoms with Crippen molar-refractivity contribution in [1.82, 2.24) is 0 Å². The van der Waals surface area contributed by atoms with E-state index in [0.717, 1.165) is 5.56 Å². The van der Waals surface area contributed by atoms with Crippen LogP contribution in [0.15, 0.2) is 18.2 Å². The van der Waals surface area contributed by atoms with E-state index in [1.54, 1.807) is 12.1 Å². The molecule has 4 nitrogen and oxygen atoms in total. The number of rotatable bonds is 1. The smallest absolute Gasteiger partial charge is 0.156 e. The van der Waals surface area contributed by atoms with Crippen molar-refractivity contribution in [2.75, 3.05) is 0 Å². The van der Waals surface area contributed by atoms with Gasteiger partial charge in [0.15, 0.2) is 9.84 Å². The fourth-order valence-electron chi connectivity index (χ4n) is 3.73. The Morgan fingerprint density at radius 3 is 2.45 bits per heavy atom. The highest BCUT2D eigenvalue weighted by molar-refractivity contribution is 7.93. The molecule has 2 bridgehead atoms. The Labute approximate surface area is 119 Å². The van der Waals surface area contributed by atoms with E-state index < -0.39 is 25.9 Å². The molecule has 106 valence electrons. The number of aliphatic hydroxyl groups is 1. The summed E-state index contributed by atoms with van der Waals surface area (Å²) in [5.41, 5.74) is 0.893. The second-order valence-corrected chi connectivity index (χ2v) is 8.45. The lowest BCUT2D eigenvalue weighted by Gasteiger charge is -2.37. The minimum absolute atomic E-state index is 0.252. The number of benzene rings is 1. The zero-order chi connectivity index (χ0) is 14.5. The van der Waals surface area contributed by atoms with Gasteiger partial charge >= 0.3 is 0 Å². The standard InChI is InChI=1S/C15H17NO3S/c1-10-11(9-16)3-2-4-14(10)15(17)7-12-5-6-13(8-15)20(12,18)19/h2-4,12-13,17H,5-8H2,1H3. The van der Waals surface area contributed by atoms with Crippen LogP contribution in [0.1, 0.15) is 42.4 Å². The zero-order valence-corrected chi connectivity index (χ0v) is 12.2. The molecule has 2 fully saturated rings. The van der Waals surface area contributed by atoms with Crippen LogP contribution in [0.2, 0.25) is 0 Å². The third-order valence-electron chi connectivity index (χ3n) is 4.83. The van der Waals surface area contributed by atoms with Gasteiger partial charge in [-0.25, -0.2) is 8.42 Å². The molecule has 0 amide bonds. The molecule has 0 aromatic heterocycles. The van der Waals surface area contributed by atoms with Gasteiger partial charge in [-0.05, 0) is 49.8 Å². The summed E-state index contributed by atoms with van der Waals surface area (Å²) in [7, 11) is -3.06. The fraction of sp³-hybridized carbons (Fsp3) is 0.533. The Balaban J connectivity index is 2.06. The van der Waals surface area contributed by atoms with Gasteiger partial charge in [-0.3, -0.25) is 0 Å². The van der Waals surface area contributed by atoms with Gasteiger partial charge in [-0.15, -0.1) is 0 Å². The van der Waals surface area contributed by atoms with Crippen molar-refractivity contribution in [2.24, 2.45) is 0 Å². The first-order chi connectivity index (χ1) is 9.38. The first-order valence-electron chi connectivity index (χ1n) is 6.84. The number of nitrogens with zero attached hydrogens (tertiary/aromatic N) is 1. The second kappa shape index (κ2) is 4.31. The molecule has 0 saturated carbocycles. The summed E-state index contributed by atoms with van der Waals surface area (Å²) in [4.78, 5) is 0. The molecule has 3 rings (SSSR count).